The zero-order chi connectivity index (χ0) is 82.8. The van der Waals surface area contributed by atoms with Gasteiger partial charge in [-0.1, -0.05) is 184 Å². The van der Waals surface area contributed by atoms with E-state index in [1.165, 1.54) is 96.8 Å². The minimum Gasteiger partial charge on any atom is -0.387 e. The Morgan fingerprint density at radius 2 is 0.800 bits per heavy atom. The van der Waals surface area contributed by atoms with Crippen LogP contribution >= 0.6 is 0 Å². The summed E-state index contributed by atoms with van der Waals surface area (Å²) in [6.07, 6.45) is 19.7. The molecule has 2 unspecified atom stereocenters. The molecule has 2 aliphatic heterocycles. The Kier molecular flexibility index (Phi) is 26.1. The average Bonchev–Trinajstić information content (AvgIpc) is 0.943. The lowest BCUT2D eigenvalue weighted by atomic mass is 9.73. The minimum absolute atomic E-state index is 0.0168. The number of aliphatic hydroxyl groups excluding tert-OH is 2. The van der Waals surface area contributed by atoms with Crippen LogP contribution in [0.1, 0.15) is 158 Å². The standard InChI is InChI=1S/C94H108N12O12S2/c107-81(59-95-51-43-65-27-31-67(32-28-65)45-53-103-55-47-69(48-56-103)61-105-63-97-91(101-105)93(111,71-15-5-1-6-16-71)72-17-7-2-8-18-72)75-35-39-83(89-79(75)37-41-87(109)99-89)117-119(113,114)85-25-13-24-78-77(85)23-14-26-86(78)120(115,116)118-84-40-36-76(80-38-42-88(110)100-90(80)84)82(108)60-96-52-44-66-29-33-68(34-30-66)46-54-104-57-49-70(50-58-104)62-106-64-98-92(102-106)94(112,73-19-9-3-10-20-73)74-21-11-4-12-22-74/h1,3,5-6,9-10,13-16,19-20,23-42,63-64,69-70,72,74,81-82,95-96,107-108,111-112H,2,4,7-8,11-12,17-18,21-22,43-62H2,(H,99,109)(H,100,110)/t81-,82-,93?,94?/m0/s1. The highest BCUT2D eigenvalue weighted by atomic mass is 32.2. The first kappa shape index (κ1) is 83.5. The molecule has 2 saturated carbocycles. The predicted octanol–water partition coefficient (Wildman–Crippen LogP) is 12.5. The number of pyridine rings is 2. The second-order valence-electron chi connectivity index (χ2n) is 33.4. The summed E-state index contributed by atoms with van der Waals surface area (Å²) in [4.78, 5) is 45.0. The van der Waals surface area contributed by atoms with Crippen molar-refractivity contribution >= 4 is 52.8 Å². The Hall–Kier alpha value is -10.1. The quantitative estimate of drug-likeness (QED) is 0.0137. The van der Waals surface area contributed by atoms with Gasteiger partial charge in [-0.3, -0.25) is 19.0 Å². The van der Waals surface area contributed by atoms with Crippen LogP contribution in [-0.4, -0.2) is 152 Å². The monoisotopic (exact) mass is 1660 g/mol. The molecule has 628 valence electrons. The number of piperidine rings is 2. The minimum atomic E-state index is -4.79. The fourth-order valence-corrected chi connectivity index (χ4v) is 21.0. The van der Waals surface area contributed by atoms with Gasteiger partial charge in [0, 0.05) is 72.9 Å². The van der Waals surface area contributed by atoms with Crippen LogP contribution in [-0.2, 0) is 70.2 Å². The number of likely N-dealkylation sites (tertiary alicyclic amines) is 2. The lowest BCUT2D eigenvalue weighted by Gasteiger charge is -2.37. The zero-order valence-corrected chi connectivity index (χ0v) is 69.4. The number of hydrogen-bond donors (Lipinski definition) is 8. The van der Waals surface area contributed by atoms with Crippen molar-refractivity contribution in [1.29, 1.82) is 0 Å². The smallest absolute Gasteiger partial charge is 0.339 e. The van der Waals surface area contributed by atoms with Crippen LogP contribution in [0.15, 0.2) is 226 Å². The molecule has 26 heteroatoms. The number of fused-ring (bicyclic) bond motifs is 3. The number of aliphatic hydroxyl groups is 4. The van der Waals surface area contributed by atoms with Gasteiger partial charge < -0.3 is 59.2 Å². The lowest BCUT2D eigenvalue weighted by molar-refractivity contribution is -0.00879. The summed E-state index contributed by atoms with van der Waals surface area (Å²) in [5.74, 6) is 1.69. The van der Waals surface area contributed by atoms with Crippen molar-refractivity contribution in [2.24, 2.45) is 23.7 Å². The van der Waals surface area contributed by atoms with Crippen molar-refractivity contribution < 1.29 is 45.6 Å². The third-order valence-electron chi connectivity index (χ3n) is 25.5. The maximum atomic E-state index is 14.5. The number of H-pyrrole nitrogens is 2. The Bertz CT molecular complexity index is 5490. The van der Waals surface area contributed by atoms with Crippen LogP contribution in [0, 0.1) is 23.7 Å². The molecule has 12 aromatic rings. The highest BCUT2D eigenvalue weighted by molar-refractivity contribution is 7.87. The van der Waals surface area contributed by atoms with E-state index in [9.17, 15) is 46.9 Å². The van der Waals surface area contributed by atoms with Gasteiger partial charge in [-0.05, 0) is 221 Å². The number of benzene rings is 8. The number of rotatable bonds is 34. The molecule has 24 nitrogen and oxygen atoms in total. The molecular formula is C94H108N12O12S2. The Balaban J connectivity index is 0.480. The SMILES string of the molecule is O=c1ccc2c([C@@H](O)CNCCc3ccc(CCN4CCC(Cn5cnc(C(O)(c6ccccc6)C6CCCCC6)n5)CC4)cc3)ccc(OS(=O)(=O)c3cccc4c(S(=O)(=O)Oc5ccc([C@@H](O)CNCCc6ccc(CCN7CCC(Cn8cnc(C(O)(c9ccccc9)C9CCCCC9)n8)CC7)cc6)c6ccc(=O)[nH]c56)cccc34)c2[nH]1. The van der Waals surface area contributed by atoms with Gasteiger partial charge in [-0.2, -0.15) is 27.0 Å². The lowest BCUT2D eigenvalue weighted by Crippen LogP contribution is -2.39. The summed E-state index contributed by atoms with van der Waals surface area (Å²) in [6.45, 7) is 8.94. The van der Waals surface area contributed by atoms with E-state index >= 15 is 0 Å². The molecule has 2 saturated heterocycles. The molecule has 0 spiro atoms. The summed E-state index contributed by atoms with van der Waals surface area (Å²) in [7, 11) is -9.58. The van der Waals surface area contributed by atoms with Gasteiger partial charge in [0.05, 0.1) is 23.2 Å². The van der Waals surface area contributed by atoms with Gasteiger partial charge in [0.2, 0.25) is 11.1 Å². The highest BCUT2D eigenvalue weighted by Gasteiger charge is 2.46. The van der Waals surface area contributed by atoms with E-state index in [-0.39, 0.29) is 68.0 Å². The molecular weight excluding hydrogens is 1550 g/mol. The molecule has 120 heavy (non-hydrogen) atoms. The Labute approximate surface area is 700 Å². The summed E-state index contributed by atoms with van der Waals surface area (Å²) in [5.41, 5.74) is 3.92. The number of nitrogens with zero attached hydrogens (tertiary/aromatic N) is 8. The Morgan fingerprint density at radius 3 is 1.18 bits per heavy atom. The van der Waals surface area contributed by atoms with E-state index in [4.69, 9.17) is 28.5 Å². The molecule has 16 rings (SSSR count). The first-order valence-corrected chi connectivity index (χ1v) is 45.6. The third kappa shape index (κ3) is 19.1. The van der Waals surface area contributed by atoms with Crippen molar-refractivity contribution in [3.8, 4) is 11.5 Å². The van der Waals surface area contributed by atoms with E-state index in [1.54, 1.807) is 24.8 Å². The van der Waals surface area contributed by atoms with Crippen LogP contribution in [0.4, 0.5) is 0 Å². The average molecular weight is 1660 g/mol. The number of aromatic amines is 2. The zero-order valence-electron chi connectivity index (χ0n) is 67.8. The molecule has 4 atom stereocenters. The molecule has 0 amide bonds. The van der Waals surface area contributed by atoms with Gasteiger partial charge in [0.15, 0.2) is 34.3 Å². The van der Waals surface area contributed by atoms with Crippen LogP contribution in [0.25, 0.3) is 32.6 Å². The predicted molar refractivity (Wildman–Crippen MR) is 462 cm³/mol. The van der Waals surface area contributed by atoms with Gasteiger partial charge in [-0.25, -0.2) is 9.97 Å². The highest BCUT2D eigenvalue weighted by Crippen LogP contribution is 2.45. The topological polar surface area (TPSA) is 325 Å². The first-order valence-electron chi connectivity index (χ1n) is 42.8. The number of nitrogens with one attached hydrogen (secondary N) is 4. The van der Waals surface area contributed by atoms with E-state index in [0.717, 1.165) is 165 Å². The molecule has 4 fully saturated rings. The molecule has 8 aromatic carbocycles. The summed E-state index contributed by atoms with van der Waals surface area (Å²) >= 11 is 0. The van der Waals surface area contributed by atoms with Crippen molar-refractivity contribution in [1.82, 2.24) is 59.9 Å². The van der Waals surface area contributed by atoms with Crippen molar-refractivity contribution in [3.63, 3.8) is 0 Å². The van der Waals surface area contributed by atoms with Gasteiger partial charge >= 0.3 is 20.2 Å². The second-order valence-corrected chi connectivity index (χ2v) is 36.4. The molecule has 4 aromatic heterocycles. The van der Waals surface area contributed by atoms with Gasteiger partial charge in [0.1, 0.15) is 22.4 Å². The number of aromatic nitrogens is 8. The van der Waals surface area contributed by atoms with E-state index < -0.39 is 54.8 Å². The van der Waals surface area contributed by atoms with Crippen LogP contribution in [0.3, 0.4) is 0 Å². The first-order chi connectivity index (χ1) is 58.3. The fraction of sp³-hybridized carbons (Fsp3) is 0.404. The Morgan fingerprint density at radius 1 is 0.425 bits per heavy atom. The normalized spacial score (nSPS) is 17.6. The molecule has 4 aliphatic rings. The van der Waals surface area contributed by atoms with Crippen molar-refractivity contribution in [3.05, 3.63) is 284 Å². The summed E-state index contributed by atoms with van der Waals surface area (Å²) in [5, 5.41) is 65.1. The van der Waals surface area contributed by atoms with E-state index in [2.05, 4.69) is 78.9 Å². The summed E-state index contributed by atoms with van der Waals surface area (Å²) < 4.78 is 73.6. The van der Waals surface area contributed by atoms with Crippen molar-refractivity contribution in [2.75, 3.05) is 65.4 Å². The third-order valence-corrected chi connectivity index (χ3v) is 28.1. The second kappa shape index (κ2) is 37.5. The fourth-order valence-electron chi connectivity index (χ4n) is 18.7. The summed E-state index contributed by atoms with van der Waals surface area (Å²) in [6, 6.07) is 56.7. The van der Waals surface area contributed by atoms with Crippen LogP contribution in [0.5, 0.6) is 11.5 Å². The van der Waals surface area contributed by atoms with E-state index in [1.807, 2.05) is 70.0 Å². The molecule has 0 bridgehead atoms. The van der Waals surface area contributed by atoms with Gasteiger partial charge in [-0.15, -0.1) is 0 Å². The van der Waals surface area contributed by atoms with Crippen LogP contribution < -0.4 is 30.1 Å². The van der Waals surface area contributed by atoms with Gasteiger partial charge in [0.25, 0.3) is 0 Å². The molecule has 2 aliphatic carbocycles. The number of hydrogen-bond acceptors (Lipinski definition) is 20. The van der Waals surface area contributed by atoms with Crippen LogP contribution in [0.2, 0.25) is 0 Å². The molecule has 8 N–H and O–H groups in total. The molecule has 6 heterocycles. The maximum absolute atomic E-state index is 14.5. The maximum Gasteiger partial charge on any atom is 0.339 e. The van der Waals surface area contributed by atoms with E-state index in [0.29, 0.717) is 71.3 Å². The largest absolute Gasteiger partial charge is 0.387 e. The molecule has 0 radical (unpaired) electrons. The van der Waals surface area contributed by atoms with Crippen molar-refractivity contribution in [2.45, 2.75) is 162 Å².